The molecule has 2 aliphatic heterocycles. The monoisotopic (exact) mass is 486 g/mol. The van der Waals surface area contributed by atoms with Crippen molar-refractivity contribution in [3.63, 3.8) is 0 Å². The second-order valence-electron chi connectivity index (χ2n) is 8.71. The normalized spacial score (nSPS) is 19.6. The summed E-state index contributed by atoms with van der Waals surface area (Å²) in [5.74, 6) is -0.721. The van der Waals surface area contributed by atoms with Crippen molar-refractivity contribution in [2.45, 2.75) is 38.1 Å². The third-order valence-electron chi connectivity index (χ3n) is 6.61. The zero-order valence-corrected chi connectivity index (χ0v) is 18.3. The van der Waals surface area contributed by atoms with Gasteiger partial charge in [0.2, 0.25) is 5.88 Å². The van der Waals surface area contributed by atoms with Gasteiger partial charge in [0.05, 0.1) is 28.8 Å². The molecule has 0 unspecified atom stereocenters. The Bertz CT molecular complexity index is 1530. The predicted octanol–water partition coefficient (Wildman–Crippen LogP) is 4.06. The highest BCUT2D eigenvalue weighted by Gasteiger charge is 2.42. The lowest BCUT2D eigenvalue weighted by Crippen LogP contribution is -2.47. The highest BCUT2D eigenvalue weighted by Crippen LogP contribution is 2.43. The van der Waals surface area contributed by atoms with Crippen LogP contribution in [-0.4, -0.2) is 42.8 Å². The third-order valence-corrected chi connectivity index (χ3v) is 6.61. The number of likely N-dealkylation sites (tertiary alicyclic amines) is 1. The minimum atomic E-state index is -4.62. The average Bonchev–Trinajstić information content (AvgIpc) is 3.20. The molecular formula is C23H18F4N6O2. The molecule has 2 aliphatic rings. The number of anilines is 1. The molecular weight excluding hydrogens is 468 g/mol. The van der Waals surface area contributed by atoms with Crippen LogP contribution in [0.3, 0.4) is 0 Å². The van der Waals surface area contributed by atoms with E-state index >= 15 is 4.39 Å². The number of piperidine rings is 1. The summed E-state index contributed by atoms with van der Waals surface area (Å²) >= 11 is 0. The van der Waals surface area contributed by atoms with Gasteiger partial charge in [-0.2, -0.15) is 13.2 Å². The Morgan fingerprint density at radius 2 is 2.00 bits per heavy atom. The van der Waals surface area contributed by atoms with Crippen LogP contribution in [0, 0.1) is 12.7 Å². The zero-order valence-electron chi connectivity index (χ0n) is 18.3. The quantitative estimate of drug-likeness (QED) is 0.408. The summed E-state index contributed by atoms with van der Waals surface area (Å²) in [6.45, 7) is 2.01. The van der Waals surface area contributed by atoms with E-state index in [-0.39, 0.29) is 35.4 Å². The Kier molecular flexibility index (Phi) is 4.48. The van der Waals surface area contributed by atoms with Crippen molar-refractivity contribution in [1.29, 1.82) is 0 Å². The molecule has 12 heteroatoms. The largest absolute Gasteiger partial charge is 0.474 e. The predicted molar refractivity (Wildman–Crippen MR) is 116 cm³/mol. The lowest BCUT2D eigenvalue weighted by Gasteiger charge is -2.43. The number of imidazole rings is 1. The number of carbonyl (C=O) groups is 1. The van der Waals surface area contributed by atoms with E-state index in [0.717, 1.165) is 12.1 Å². The number of hydrogen-bond acceptors (Lipinski definition) is 6. The number of nitrogens with two attached hydrogens (primary N) is 1. The molecule has 1 amide bonds. The summed E-state index contributed by atoms with van der Waals surface area (Å²) in [4.78, 5) is 27.2. The van der Waals surface area contributed by atoms with Gasteiger partial charge in [-0.05, 0) is 25.1 Å². The number of hydrogen-bond donors (Lipinski definition) is 1. The lowest BCUT2D eigenvalue weighted by atomic mass is 9.90. The first-order valence-corrected chi connectivity index (χ1v) is 10.9. The highest BCUT2D eigenvalue weighted by atomic mass is 19.4. The van der Waals surface area contributed by atoms with Crippen LogP contribution < -0.4 is 10.5 Å². The van der Waals surface area contributed by atoms with Gasteiger partial charge in [0, 0.05) is 31.0 Å². The van der Waals surface area contributed by atoms with Crippen LogP contribution in [0.4, 0.5) is 23.4 Å². The van der Waals surface area contributed by atoms with Crippen molar-refractivity contribution in [3.8, 4) is 5.88 Å². The number of nitrogen functional groups attached to an aromatic ring is 1. The van der Waals surface area contributed by atoms with Gasteiger partial charge in [-0.25, -0.2) is 19.3 Å². The summed E-state index contributed by atoms with van der Waals surface area (Å²) in [5, 5.41) is 0. The first-order valence-electron chi connectivity index (χ1n) is 10.9. The van der Waals surface area contributed by atoms with E-state index in [0.29, 0.717) is 35.3 Å². The van der Waals surface area contributed by atoms with Crippen LogP contribution in [-0.2, 0) is 6.18 Å². The maximum absolute atomic E-state index is 15.2. The number of aryl methyl sites for hydroxylation is 1. The molecule has 2 atom stereocenters. The number of carbonyl (C=O) groups excluding carboxylic acids is 1. The van der Waals surface area contributed by atoms with Crippen LogP contribution in [0.15, 0.2) is 30.5 Å². The molecule has 35 heavy (non-hydrogen) atoms. The Labute approximate surface area is 195 Å². The second kappa shape index (κ2) is 7.27. The smallest absolute Gasteiger partial charge is 0.433 e. The molecule has 2 N–H and O–H groups in total. The van der Waals surface area contributed by atoms with Gasteiger partial charge in [-0.15, -0.1) is 0 Å². The molecule has 1 saturated heterocycles. The molecule has 1 aromatic carbocycles. The number of pyridine rings is 1. The number of aromatic nitrogens is 4. The van der Waals surface area contributed by atoms with Gasteiger partial charge in [-0.1, -0.05) is 0 Å². The van der Waals surface area contributed by atoms with Crippen molar-refractivity contribution in [2.24, 2.45) is 0 Å². The number of fused-ring (bicyclic) bond motifs is 7. The van der Waals surface area contributed by atoms with Crippen LogP contribution in [0.1, 0.15) is 46.3 Å². The second-order valence-corrected chi connectivity index (χ2v) is 8.71. The molecule has 6 rings (SSSR count). The number of nitrogens with zero attached hydrogens (tertiary/aromatic N) is 5. The fourth-order valence-corrected chi connectivity index (χ4v) is 4.95. The number of halogens is 4. The van der Waals surface area contributed by atoms with Crippen LogP contribution >= 0.6 is 0 Å². The van der Waals surface area contributed by atoms with Gasteiger partial charge in [-0.3, -0.25) is 9.20 Å². The third kappa shape index (κ3) is 3.27. The molecule has 2 bridgehead atoms. The van der Waals surface area contributed by atoms with E-state index in [9.17, 15) is 18.0 Å². The molecule has 0 aliphatic carbocycles. The summed E-state index contributed by atoms with van der Waals surface area (Å²) in [7, 11) is 0. The van der Waals surface area contributed by atoms with Crippen molar-refractivity contribution >= 4 is 28.3 Å². The molecule has 5 heterocycles. The Morgan fingerprint density at radius 1 is 1.20 bits per heavy atom. The number of rotatable bonds is 1. The van der Waals surface area contributed by atoms with E-state index in [4.69, 9.17) is 10.5 Å². The number of ether oxygens (including phenoxy) is 1. The summed E-state index contributed by atoms with van der Waals surface area (Å²) in [5.41, 5.74) is 6.37. The SMILES string of the molecule is Cc1ncc2c(N)nc3cc(F)c(C(=O)N4CC[C@H]5C[C@@H]4c4ccc(C(F)(F)F)nc4O5)cc3n12. The molecule has 0 radical (unpaired) electrons. The standard InChI is InChI=1S/C23H18F4N6O2/c1-10-29-9-18-20(28)30-15-8-14(24)13(7-17(15)33(10)18)22(34)32-5-4-11-6-16(32)12-2-3-19(23(25,26)27)31-21(12)35-11/h2-3,7-9,11,16H,4-6H2,1H3,(H2,28,30)/t11-,16+/m0/s1. The fraction of sp³-hybridized carbons (Fsp3) is 0.304. The van der Waals surface area contributed by atoms with Crippen molar-refractivity contribution in [2.75, 3.05) is 12.3 Å². The number of benzene rings is 1. The first-order chi connectivity index (χ1) is 16.6. The minimum Gasteiger partial charge on any atom is -0.474 e. The fourth-order valence-electron chi connectivity index (χ4n) is 4.95. The maximum atomic E-state index is 15.2. The highest BCUT2D eigenvalue weighted by molar-refractivity contribution is 5.99. The van der Waals surface area contributed by atoms with Gasteiger partial charge in [0.15, 0.2) is 0 Å². The zero-order chi connectivity index (χ0) is 24.6. The number of alkyl halides is 3. The summed E-state index contributed by atoms with van der Waals surface area (Å²) in [6.07, 6.45) is -2.69. The van der Waals surface area contributed by atoms with Crippen molar-refractivity contribution < 1.29 is 27.1 Å². The molecule has 0 saturated carbocycles. The Hall–Kier alpha value is -3.96. The summed E-state index contributed by atoms with van der Waals surface area (Å²) < 4.78 is 62.0. The van der Waals surface area contributed by atoms with Gasteiger partial charge in [0.25, 0.3) is 5.91 Å². The number of amides is 1. The van der Waals surface area contributed by atoms with E-state index in [1.165, 1.54) is 17.0 Å². The molecule has 1 fully saturated rings. The van der Waals surface area contributed by atoms with Crippen LogP contribution in [0.5, 0.6) is 5.88 Å². The van der Waals surface area contributed by atoms with E-state index in [2.05, 4.69) is 15.0 Å². The Balaban J connectivity index is 1.44. The average molecular weight is 486 g/mol. The van der Waals surface area contributed by atoms with Gasteiger partial charge >= 0.3 is 6.18 Å². The summed E-state index contributed by atoms with van der Waals surface area (Å²) in [6, 6.07) is 4.12. The van der Waals surface area contributed by atoms with E-state index in [1.807, 2.05) is 0 Å². The maximum Gasteiger partial charge on any atom is 0.433 e. The van der Waals surface area contributed by atoms with Crippen molar-refractivity contribution in [1.82, 2.24) is 24.3 Å². The topological polar surface area (TPSA) is 98.6 Å². The first kappa shape index (κ1) is 21.6. The van der Waals surface area contributed by atoms with E-state index in [1.54, 1.807) is 17.5 Å². The van der Waals surface area contributed by atoms with Crippen molar-refractivity contribution in [3.05, 3.63) is 58.9 Å². The van der Waals surface area contributed by atoms with Crippen LogP contribution in [0.2, 0.25) is 0 Å². The minimum absolute atomic E-state index is 0.145. The molecule has 3 aromatic heterocycles. The molecule has 4 aromatic rings. The Morgan fingerprint density at radius 3 is 2.77 bits per heavy atom. The molecule has 8 nitrogen and oxygen atoms in total. The van der Waals surface area contributed by atoms with E-state index < -0.39 is 29.6 Å². The van der Waals surface area contributed by atoms with Gasteiger partial charge in [0.1, 0.15) is 34.8 Å². The lowest BCUT2D eigenvalue weighted by molar-refractivity contribution is -0.141. The molecule has 0 spiro atoms. The molecule has 180 valence electrons. The van der Waals surface area contributed by atoms with Crippen LogP contribution in [0.25, 0.3) is 16.6 Å². The van der Waals surface area contributed by atoms with Gasteiger partial charge < -0.3 is 15.4 Å².